The van der Waals surface area contributed by atoms with Gasteiger partial charge in [-0.25, -0.2) is 0 Å². The molecule has 0 saturated carbocycles. The lowest BCUT2D eigenvalue weighted by Crippen LogP contribution is -2.22. The summed E-state index contributed by atoms with van der Waals surface area (Å²) in [5.74, 6) is 0.471. The summed E-state index contributed by atoms with van der Waals surface area (Å²) in [5, 5.41) is 0. The van der Waals surface area contributed by atoms with Gasteiger partial charge in [-0.15, -0.1) is 0 Å². The summed E-state index contributed by atoms with van der Waals surface area (Å²) in [6.07, 6.45) is 6.90. The minimum absolute atomic E-state index is 0.148. The Morgan fingerprint density at radius 2 is 2.14 bits per heavy atom. The summed E-state index contributed by atoms with van der Waals surface area (Å²) in [4.78, 5) is 11.8. The van der Waals surface area contributed by atoms with Crippen LogP contribution in [0.5, 0.6) is 0 Å². The van der Waals surface area contributed by atoms with Gasteiger partial charge in [-0.2, -0.15) is 0 Å². The van der Waals surface area contributed by atoms with Crippen LogP contribution in [-0.4, -0.2) is 4.57 Å². The lowest BCUT2D eigenvalue weighted by atomic mass is 9.97. The van der Waals surface area contributed by atoms with Gasteiger partial charge in [-0.1, -0.05) is 26.0 Å². The molecule has 0 spiro atoms. The molecular weight excluding hydrogens is 174 g/mol. The molecule has 2 nitrogen and oxygen atoms in total. The van der Waals surface area contributed by atoms with E-state index in [-0.39, 0.29) is 5.56 Å². The second-order valence-corrected chi connectivity index (χ2v) is 4.15. The average molecular weight is 189 g/mol. The first-order valence-corrected chi connectivity index (χ1v) is 5.00. The van der Waals surface area contributed by atoms with Crippen molar-refractivity contribution in [3.8, 4) is 0 Å². The molecule has 0 unspecified atom stereocenters. The minimum atomic E-state index is 0.148. The zero-order chi connectivity index (χ0) is 10.3. The Morgan fingerprint density at radius 1 is 1.43 bits per heavy atom. The van der Waals surface area contributed by atoms with Crippen molar-refractivity contribution in [1.29, 1.82) is 0 Å². The van der Waals surface area contributed by atoms with Crippen molar-refractivity contribution in [2.24, 2.45) is 7.05 Å². The molecule has 0 radical (unpaired) electrons. The summed E-state index contributed by atoms with van der Waals surface area (Å²) in [5.41, 5.74) is 3.53. The standard InChI is InChI=1S/C12H15NO/c1-8(2)11-7-13(3)12(14)10-6-4-5-9(10)11/h4-5,7-8H,6H2,1-3H3. The van der Waals surface area contributed by atoms with Crippen molar-refractivity contribution < 1.29 is 0 Å². The van der Waals surface area contributed by atoms with E-state index in [9.17, 15) is 4.79 Å². The molecule has 2 heteroatoms. The normalized spacial score (nSPS) is 13.7. The predicted molar refractivity (Wildman–Crippen MR) is 58.5 cm³/mol. The molecule has 1 aromatic heterocycles. The number of pyridine rings is 1. The maximum atomic E-state index is 11.8. The van der Waals surface area contributed by atoms with Crippen LogP contribution in [0.4, 0.5) is 0 Å². The van der Waals surface area contributed by atoms with Gasteiger partial charge in [-0.05, 0) is 23.5 Å². The number of rotatable bonds is 1. The quantitative estimate of drug-likeness (QED) is 0.663. The van der Waals surface area contributed by atoms with Crippen LogP contribution in [0.25, 0.3) is 6.08 Å². The van der Waals surface area contributed by atoms with E-state index in [4.69, 9.17) is 0 Å². The van der Waals surface area contributed by atoms with Gasteiger partial charge in [0, 0.05) is 18.8 Å². The maximum Gasteiger partial charge on any atom is 0.254 e. The predicted octanol–water partition coefficient (Wildman–Crippen LogP) is 2.08. The van der Waals surface area contributed by atoms with E-state index in [0.29, 0.717) is 5.92 Å². The van der Waals surface area contributed by atoms with Crippen LogP contribution in [0.3, 0.4) is 0 Å². The Bertz CT molecular complexity index is 452. The van der Waals surface area contributed by atoms with Gasteiger partial charge in [0.05, 0.1) is 0 Å². The van der Waals surface area contributed by atoms with Gasteiger partial charge in [-0.3, -0.25) is 4.79 Å². The molecule has 14 heavy (non-hydrogen) atoms. The summed E-state index contributed by atoms with van der Waals surface area (Å²) in [6, 6.07) is 0. The smallest absolute Gasteiger partial charge is 0.254 e. The zero-order valence-corrected chi connectivity index (χ0v) is 8.87. The van der Waals surface area contributed by atoms with E-state index < -0.39 is 0 Å². The minimum Gasteiger partial charge on any atom is -0.318 e. The van der Waals surface area contributed by atoms with Gasteiger partial charge in [0.15, 0.2) is 0 Å². The molecular formula is C12H15NO. The molecule has 1 heterocycles. The SMILES string of the molecule is CC(C)c1cn(C)c(=O)c2c1C=CC2. The zero-order valence-electron chi connectivity index (χ0n) is 8.87. The fourth-order valence-corrected chi connectivity index (χ4v) is 1.99. The average Bonchev–Trinajstić information content (AvgIpc) is 2.59. The molecule has 1 aliphatic rings. The lowest BCUT2D eigenvalue weighted by Gasteiger charge is -2.12. The topological polar surface area (TPSA) is 22.0 Å². The molecule has 0 aliphatic heterocycles. The second-order valence-electron chi connectivity index (χ2n) is 4.15. The van der Waals surface area contributed by atoms with Crippen LogP contribution in [0.2, 0.25) is 0 Å². The maximum absolute atomic E-state index is 11.8. The van der Waals surface area contributed by atoms with E-state index in [1.165, 1.54) is 5.56 Å². The molecule has 1 aromatic rings. The third-order valence-electron chi connectivity index (χ3n) is 2.78. The number of hydrogen-bond acceptors (Lipinski definition) is 1. The Balaban J connectivity index is 2.75. The van der Waals surface area contributed by atoms with Crippen molar-refractivity contribution in [2.45, 2.75) is 26.2 Å². The summed E-state index contributed by atoms with van der Waals surface area (Å²) in [7, 11) is 1.83. The van der Waals surface area contributed by atoms with E-state index >= 15 is 0 Å². The molecule has 0 amide bonds. The van der Waals surface area contributed by atoms with Crippen molar-refractivity contribution in [2.75, 3.05) is 0 Å². The van der Waals surface area contributed by atoms with Crippen molar-refractivity contribution in [3.63, 3.8) is 0 Å². The monoisotopic (exact) mass is 189 g/mol. The van der Waals surface area contributed by atoms with Crippen molar-refractivity contribution in [1.82, 2.24) is 4.57 Å². The van der Waals surface area contributed by atoms with Crippen LogP contribution >= 0.6 is 0 Å². The Labute approximate surface area is 83.9 Å². The number of nitrogens with zero attached hydrogens (tertiary/aromatic N) is 1. The number of allylic oxidation sites excluding steroid dienone is 1. The van der Waals surface area contributed by atoms with Crippen molar-refractivity contribution >= 4 is 6.08 Å². The molecule has 0 N–H and O–H groups in total. The van der Waals surface area contributed by atoms with E-state index in [1.807, 2.05) is 13.2 Å². The van der Waals surface area contributed by atoms with E-state index in [2.05, 4.69) is 26.0 Å². The van der Waals surface area contributed by atoms with Gasteiger partial charge in [0.1, 0.15) is 0 Å². The highest BCUT2D eigenvalue weighted by Crippen LogP contribution is 2.25. The highest BCUT2D eigenvalue weighted by molar-refractivity contribution is 5.63. The molecule has 1 aliphatic carbocycles. The highest BCUT2D eigenvalue weighted by Gasteiger charge is 2.16. The van der Waals surface area contributed by atoms with Gasteiger partial charge in [0.25, 0.3) is 5.56 Å². The molecule has 0 saturated heterocycles. The first kappa shape index (κ1) is 9.25. The molecule has 0 bridgehead atoms. The number of fused-ring (bicyclic) bond motifs is 1. The molecule has 0 atom stereocenters. The summed E-state index contributed by atoms with van der Waals surface area (Å²) < 4.78 is 1.70. The Kier molecular flexibility index (Phi) is 2.06. The van der Waals surface area contributed by atoms with Crippen LogP contribution in [0.15, 0.2) is 17.1 Å². The fraction of sp³-hybridized carbons (Fsp3) is 0.417. The number of aromatic nitrogens is 1. The third kappa shape index (κ3) is 1.22. The summed E-state index contributed by atoms with van der Waals surface area (Å²) >= 11 is 0. The van der Waals surface area contributed by atoms with Crippen LogP contribution in [-0.2, 0) is 13.5 Å². The second kappa shape index (κ2) is 3.12. The van der Waals surface area contributed by atoms with Crippen LogP contribution < -0.4 is 5.56 Å². The first-order chi connectivity index (χ1) is 6.61. The summed E-state index contributed by atoms with van der Waals surface area (Å²) in [6.45, 7) is 4.32. The molecule has 2 rings (SSSR count). The Hall–Kier alpha value is -1.31. The Morgan fingerprint density at radius 3 is 2.79 bits per heavy atom. The molecule has 0 aromatic carbocycles. The van der Waals surface area contributed by atoms with Gasteiger partial charge in [0.2, 0.25) is 0 Å². The molecule has 74 valence electrons. The largest absolute Gasteiger partial charge is 0.318 e. The first-order valence-electron chi connectivity index (χ1n) is 5.00. The van der Waals surface area contributed by atoms with Gasteiger partial charge < -0.3 is 4.57 Å². The number of hydrogen-bond donors (Lipinski definition) is 0. The molecule has 0 fully saturated rings. The number of aryl methyl sites for hydroxylation is 1. The van der Waals surface area contributed by atoms with E-state index in [0.717, 1.165) is 17.5 Å². The van der Waals surface area contributed by atoms with Crippen LogP contribution in [0, 0.1) is 0 Å². The van der Waals surface area contributed by atoms with Crippen molar-refractivity contribution in [3.05, 3.63) is 39.3 Å². The van der Waals surface area contributed by atoms with Gasteiger partial charge >= 0.3 is 0 Å². The fourth-order valence-electron chi connectivity index (χ4n) is 1.99. The lowest BCUT2D eigenvalue weighted by molar-refractivity contribution is 0.782. The van der Waals surface area contributed by atoms with E-state index in [1.54, 1.807) is 4.57 Å². The van der Waals surface area contributed by atoms with Crippen LogP contribution in [0.1, 0.15) is 36.5 Å². The third-order valence-corrected chi connectivity index (χ3v) is 2.78. The highest BCUT2D eigenvalue weighted by atomic mass is 16.1.